The SMILES string of the molecule is C[C@H]1O[C@H](O[C@H]2C(CNC(=O)OCc3ccccc3)OCC[C@@H]2O[C@H]2O[C@@H](CO)[C@@H](O)[C@H](O[C@@H](CC3CCCCC3)C(=O)O)[C@H]2O)[C@@H](O)[C@H](O)[C@H]1O. The van der Waals surface area contributed by atoms with Gasteiger partial charge in [-0.3, -0.25) is 0 Å². The Morgan fingerprint density at radius 3 is 2.25 bits per heavy atom. The van der Waals surface area contributed by atoms with Gasteiger partial charge in [0.25, 0.3) is 0 Å². The Morgan fingerprint density at radius 2 is 1.56 bits per heavy atom. The van der Waals surface area contributed by atoms with Gasteiger partial charge in [0.05, 0.1) is 18.8 Å². The molecule has 3 aliphatic heterocycles. The predicted molar refractivity (Wildman–Crippen MR) is 176 cm³/mol. The summed E-state index contributed by atoms with van der Waals surface area (Å²) in [5.41, 5.74) is 0.767. The quantitative estimate of drug-likeness (QED) is 0.120. The second-order valence-electron chi connectivity index (χ2n) is 14.0. The lowest BCUT2D eigenvalue weighted by atomic mass is 9.85. The van der Waals surface area contributed by atoms with Gasteiger partial charge in [-0.15, -0.1) is 0 Å². The highest BCUT2D eigenvalue weighted by Gasteiger charge is 2.51. The third kappa shape index (κ3) is 10.4. The molecule has 3 heterocycles. The molecule has 3 saturated heterocycles. The lowest BCUT2D eigenvalue weighted by Gasteiger charge is -2.47. The maximum absolute atomic E-state index is 12.6. The number of aliphatic carboxylic acids is 1. The summed E-state index contributed by atoms with van der Waals surface area (Å²) in [6.45, 7) is 0.666. The molecule has 0 radical (unpaired) electrons. The summed E-state index contributed by atoms with van der Waals surface area (Å²) in [6, 6.07) is 9.03. The van der Waals surface area contributed by atoms with Gasteiger partial charge >= 0.3 is 12.1 Å². The lowest BCUT2D eigenvalue weighted by Crippen LogP contribution is -2.64. The van der Waals surface area contributed by atoms with E-state index in [1.807, 2.05) is 6.07 Å². The first kappa shape index (κ1) is 40.7. The summed E-state index contributed by atoms with van der Waals surface area (Å²) >= 11 is 0. The number of hydrogen-bond donors (Lipinski definition) is 8. The molecule has 17 heteroatoms. The van der Waals surface area contributed by atoms with Gasteiger partial charge in [-0.25, -0.2) is 9.59 Å². The van der Waals surface area contributed by atoms with E-state index in [1.165, 1.54) is 6.92 Å². The van der Waals surface area contributed by atoms with E-state index in [0.717, 1.165) is 37.7 Å². The zero-order valence-corrected chi connectivity index (χ0v) is 29.1. The average Bonchev–Trinajstić information content (AvgIpc) is 3.15. The molecule has 1 amide bonds. The molecular formula is C35H53NO16. The van der Waals surface area contributed by atoms with E-state index < -0.39 is 104 Å². The second kappa shape index (κ2) is 19.2. The number of alkyl carbamates (subject to hydrolysis) is 1. The molecule has 1 aliphatic carbocycles. The fourth-order valence-corrected chi connectivity index (χ4v) is 7.20. The molecule has 1 aromatic rings. The van der Waals surface area contributed by atoms with Gasteiger partial charge in [0.15, 0.2) is 18.7 Å². The van der Waals surface area contributed by atoms with Crippen molar-refractivity contribution in [2.45, 2.75) is 144 Å². The van der Waals surface area contributed by atoms with E-state index in [9.17, 15) is 45.3 Å². The topological polar surface area (TPSA) is 252 Å². The Hall–Kier alpha value is -2.52. The fourth-order valence-electron chi connectivity index (χ4n) is 7.20. The van der Waals surface area contributed by atoms with E-state index >= 15 is 0 Å². The van der Waals surface area contributed by atoms with Crippen molar-refractivity contribution in [3.05, 3.63) is 35.9 Å². The standard InChI is InChI=1S/C35H53NO16/c1-18-25(38)27(40)28(41)33(48-18)52-30-21(12-13-46-23(30)15-36-35(45)47-17-20-10-6-3-7-11-20)50-34-29(42)31(26(39)24(16-37)51-34)49-22(32(43)44)14-19-8-4-2-5-9-19/h3,6-7,10-11,18-19,21-31,33-34,37-42H,2,4-5,8-9,12-17H2,1H3,(H,36,45)(H,43,44)/t18-,21+,22+,23?,24+,25+,26-,27-,28+,29-,30-,31+,33-,34+/m1/s1. The highest BCUT2D eigenvalue weighted by Crippen LogP contribution is 2.34. The van der Waals surface area contributed by atoms with Crippen molar-refractivity contribution in [2.24, 2.45) is 5.92 Å². The highest BCUT2D eigenvalue weighted by molar-refractivity contribution is 5.72. The third-order valence-electron chi connectivity index (χ3n) is 10.2. The van der Waals surface area contributed by atoms with E-state index in [1.54, 1.807) is 24.3 Å². The van der Waals surface area contributed by atoms with Crippen molar-refractivity contribution >= 4 is 12.1 Å². The van der Waals surface area contributed by atoms with Crippen LogP contribution in [0.5, 0.6) is 0 Å². The number of amides is 1. The number of carbonyl (C=O) groups is 2. The van der Waals surface area contributed by atoms with Gasteiger partial charge in [-0.2, -0.15) is 0 Å². The summed E-state index contributed by atoms with van der Waals surface area (Å²) < 4.78 is 40.9. The molecule has 8 N–H and O–H groups in total. The minimum absolute atomic E-state index is 0.00544. The summed E-state index contributed by atoms with van der Waals surface area (Å²) in [6.07, 6.45) is -15.2. The Bertz CT molecular complexity index is 1250. The van der Waals surface area contributed by atoms with Crippen molar-refractivity contribution < 1.29 is 78.5 Å². The maximum atomic E-state index is 12.6. The highest BCUT2D eigenvalue weighted by atomic mass is 16.7. The molecule has 1 saturated carbocycles. The number of rotatable bonds is 14. The number of hydrogen-bond acceptors (Lipinski definition) is 15. The molecule has 0 aromatic heterocycles. The molecule has 1 aromatic carbocycles. The molecule has 52 heavy (non-hydrogen) atoms. The summed E-state index contributed by atoms with van der Waals surface area (Å²) in [5, 5.41) is 76.5. The summed E-state index contributed by atoms with van der Waals surface area (Å²) in [4.78, 5) is 24.9. The van der Waals surface area contributed by atoms with Gasteiger partial charge in [0.1, 0.15) is 61.5 Å². The van der Waals surface area contributed by atoms with Crippen LogP contribution in [0, 0.1) is 5.92 Å². The number of carbonyl (C=O) groups excluding carboxylic acids is 1. The Kier molecular flexibility index (Phi) is 15.0. The fraction of sp³-hybridized carbons (Fsp3) is 0.771. The van der Waals surface area contributed by atoms with Gasteiger partial charge < -0.3 is 74.2 Å². The Labute approximate surface area is 301 Å². The molecule has 4 fully saturated rings. The zero-order valence-electron chi connectivity index (χ0n) is 29.1. The number of carboxylic acids is 1. The van der Waals surface area contributed by atoms with E-state index in [0.29, 0.717) is 0 Å². The van der Waals surface area contributed by atoms with Crippen LogP contribution in [0.25, 0.3) is 0 Å². The van der Waals surface area contributed by atoms with Crippen molar-refractivity contribution in [3.63, 3.8) is 0 Å². The van der Waals surface area contributed by atoms with Crippen molar-refractivity contribution in [1.82, 2.24) is 5.32 Å². The first-order valence-corrected chi connectivity index (χ1v) is 18.0. The molecule has 17 nitrogen and oxygen atoms in total. The molecule has 0 spiro atoms. The molecule has 14 atom stereocenters. The van der Waals surface area contributed by atoms with Gasteiger partial charge in [0, 0.05) is 13.2 Å². The van der Waals surface area contributed by atoms with Crippen LogP contribution in [-0.4, -0.2) is 153 Å². The molecule has 0 bridgehead atoms. The zero-order chi connectivity index (χ0) is 37.4. The minimum atomic E-state index is -1.73. The largest absolute Gasteiger partial charge is 0.479 e. The molecule has 1 unspecified atom stereocenters. The lowest BCUT2D eigenvalue weighted by molar-refractivity contribution is -0.355. The Morgan fingerprint density at radius 1 is 0.846 bits per heavy atom. The van der Waals surface area contributed by atoms with Crippen LogP contribution in [0.4, 0.5) is 4.79 Å². The average molecular weight is 744 g/mol. The maximum Gasteiger partial charge on any atom is 0.407 e. The summed E-state index contributed by atoms with van der Waals surface area (Å²) in [7, 11) is 0. The number of aliphatic hydroxyl groups is 6. The van der Waals surface area contributed by atoms with Crippen LogP contribution in [0.2, 0.25) is 0 Å². The Balaban J connectivity index is 1.31. The van der Waals surface area contributed by atoms with Crippen molar-refractivity contribution in [2.75, 3.05) is 19.8 Å². The van der Waals surface area contributed by atoms with E-state index in [-0.39, 0.29) is 38.5 Å². The number of aliphatic hydroxyl groups excluding tert-OH is 6. The van der Waals surface area contributed by atoms with Gasteiger partial charge in [-0.1, -0.05) is 62.4 Å². The molecule has 4 aliphatic rings. The van der Waals surface area contributed by atoms with Crippen molar-refractivity contribution in [3.8, 4) is 0 Å². The van der Waals surface area contributed by atoms with Crippen LogP contribution in [0.15, 0.2) is 30.3 Å². The third-order valence-corrected chi connectivity index (χ3v) is 10.2. The smallest absolute Gasteiger partial charge is 0.407 e. The second-order valence-corrected chi connectivity index (χ2v) is 14.0. The van der Waals surface area contributed by atoms with Crippen LogP contribution >= 0.6 is 0 Å². The predicted octanol–water partition coefficient (Wildman–Crippen LogP) is -0.453. The minimum Gasteiger partial charge on any atom is -0.479 e. The number of benzene rings is 1. The van der Waals surface area contributed by atoms with Crippen LogP contribution in [-0.2, 0) is 44.6 Å². The molecule has 294 valence electrons. The normalized spacial score (nSPS) is 37.9. The molecular weight excluding hydrogens is 690 g/mol. The van der Waals surface area contributed by atoms with Crippen LogP contribution < -0.4 is 5.32 Å². The first-order valence-electron chi connectivity index (χ1n) is 18.0. The summed E-state index contributed by atoms with van der Waals surface area (Å²) in [5.74, 6) is -1.15. The van der Waals surface area contributed by atoms with Crippen molar-refractivity contribution in [1.29, 1.82) is 0 Å². The van der Waals surface area contributed by atoms with Crippen LogP contribution in [0.3, 0.4) is 0 Å². The number of carboxylic acid groups (broad SMARTS) is 1. The molecule has 5 rings (SSSR count). The van der Waals surface area contributed by atoms with E-state index in [4.69, 9.17) is 33.2 Å². The monoisotopic (exact) mass is 743 g/mol. The first-order chi connectivity index (χ1) is 25.0. The van der Waals surface area contributed by atoms with Crippen LogP contribution in [0.1, 0.15) is 57.4 Å². The number of nitrogens with one attached hydrogen (secondary N) is 1. The van der Waals surface area contributed by atoms with Gasteiger partial charge in [-0.05, 0) is 31.2 Å². The van der Waals surface area contributed by atoms with E-state index in [2.05, 4.69) is 5.32 Å². The van der Waals surface area contributed by atoms with Gasteiger partial charge in [0.2, 0.25) is 0 Å². The number of ether oxygens (including phenoxy) is 7.